The molecule has 2 heterocycles. The molecule has 0 aliphatic carbocycles. The molecule has 0 unspecified atom stereocenters. The molecule has 0 spiro atoms. The van der Waals surface area contributed by atoms with Gasteiger partial charge in [-0.3, -0.25) is 4.90 Å². The highest BCUT2D eigenvalue weighted by molar-refractivity contribution is 5.81. The van der Waals surface area contributed by atoms with E-state index in [0.717, 1.165) is 0 Å². The average Bonchev–Trinajstić information content (AvgIpc) is 2.91. The Balaban J connectivity index is 2.09. The summed E-state index contributed by atoms with van der Waals surface area (Å²) in [6, 6.07) is -1.41. The first kappa shape index (κ1) is 19.3. The van der Waals surface area contributed by atoms with Crippen LogP contribution in [0.4, 0.5) is 9.59 Å². The van der Waals surface area contributed by atoms with Gasteiger partial charge in [0.2, 0.25) is 0 Å². The van der Waals surface area contributed by atoms with Crippen LogP contribution in [0.2, 0.25) is 0 Å². The lowest BCUT2D eigenvalue weighted by Gasteiger charge is -2.38. The van der Waals surface area contributed by atoms with Crippen LogP contribution in [-0.2, 0) is 9.53 Å². The van der Waals surface area contributed by atoms with Crippen molar-refractivity contribution in [3.63, 3.8) is 0 Å². The van der Waals surface area contributed by atoms with E-state index in [1.54, 1.807) is 11.9 Å². The van der Waals surface area contributed by atoms with Crippen LogP contribution in [0.5, 0.6) is 0 Å². The Morgan fingerprint density at radius 3 is 2.52 bits per heavy atom. The number of hydrogen-bond donors (Lipinski definition) is 2. The number of aliphatic carboxylic acids is 1. The fourth-order valence-electron chi connectivity index (χ4n) is 3.55. The summed E-state index contributed by atoms with van der Waals surface area (Å²) >= 11 is 0. The van der Waals surface area contributed by atoms with Crippen molar-refractivity contribution < 1.29 is 24.2 Å². The van der Waals surface area contributed by atoms with Crippen molar-refractivity contribution in [1.82, 2.24) is 15.1 Å². The second kappa shape index (κ2) is 7.49. The molecule has 2 fully saturated rings. The molecular formula is C17H29N3O5. The average molecular weight is 355 g/mol. The van der Waals surface area contributed by atoms with Crippen molar-refractivity contribution in [3.8, 4) is 0 Å². The highest BCUT2D eigenvalue weighted by Gasteiger charge is 2.50. The van der Waals surface area contributed by atoms with E-state index in [1.165, 1.54) is 4.90 Å². The number of carboxylic acids is 1. The van der Waals surface area contributed by atoms with Crippen molar-refractivity contribution in [1.29, 1.82) is 0 Å². The topological polar surface area (TPSA) is 99.2 Å². The molecule has 25 heavy (non-hydrogen) atoms. The van der Waals surface area contributed by atoms with Crippen molar-refractivity contribution >= 4 is 18.1 Å². The summed E-state index contributed by atoms with van der Waals surface area (Å²) in [7, 11) is 1.56. The Bertz CT molecular complexity index is 531. The molecule has 2 saturated heterocycles. The molecule has 8 heteroatoms. The molecule has 0 aromatic heterocycles. The number of carbonyl (C=O) groups excluding carboxylic acids is 2. The lowest BCUT2D eigenvalue weighted by Crippen LogP contribution is -2.55. The summed E-state index contributed by atoms with van der Waals surface area (Å²) in [6.07, 6.45) is 1.20. The first-order chi connectivity index (χ1) is 11.6. The highest BCUT2D eigenvalue weighted by Crippen LogP contribution is 2.36. The number of carbonyl (C=O) groups is 3. The lowest BCUT2D eigenvalue weighted by atomic mass is 9.91. The molecule has 0 radical (unpaired) electrons. The molecule has 2 N–H and O–H groups in total. The maximum atomic E-state index is 12.6. The molecule has 2 rings (SSSR count). The van der Waals surface area contributed by atoms with E-state index in [1.807, 2.05) is 0 Å². The minimum absolute atomic E-state index is 0.0286. The smallest absolute Gasteiger partial charge is 0.410 e. The molecule has 0 saturated carbocycles. The van der Waals surface area contributed by atoms with E-state index in [2.05, 4.69) is 26.1 Å². The van der Waals surface area contributed by atoms with E-state index in [0.29, 0.717) is 32.4 Å². The Hall–Kier alpha value is -1.99. The van der Waals surface area contributed by atoms with Gasteiger partial charge in [0.1, 0.15) is 6.04 Å². The van der Waals surface area contributed by atoms with Gasteiger partial charge in [-0.2, -0.15) is 0 Å². The summed E-state index contributed by atoms with van der Waals surface area (Å²) in [6.45, 7) is 7.31. The standard InChI is InChI=1S/C17H29N3O5/c1-17(2,3)6-8-25-16(24)20-12(14(21)22)9-11-5-7-19(10-13(11)20)15(23)18-4/h11-13H,5-10H2,1-4H3,(H,18,23)(H,21,22)/t11-,12+,13-/m0/s1. The van der Waals surface area contributed by atoms with Crippen LogP contribution < -0.4 is 5.32 Å². The van der Waals surface area contributed by atoms with Crippen LogP contribution in [0.1, 0.15) is 40.0 Å². The largest absolute Gasteiger partial charge is 0.480 e. The molecule has 3 amide bonds. The van der Waals surface area contributed by atoms with Gasteiger partial charge in [0.05, 0.1) is 12.6 Å². The molecular weight excluding hydrogens is 326 g/mol. The van der Waals surface area contributed by atoms with Gasteiger partial charge in [0.15, 0.2) is 0 Å². The maximum absolute atomic E-state index is 12.6. The highest BCUT2D eigenvalue weighted by atomic mass is 16.6. The summed E-state index contributed by atoms with van der Waals surface area (Å²) in [4.78, 5) is 39.0. The third-order valence-electron chi connectivity index (χ3n) is 5.02. The number of rotatable bonds is 3. The predicted molar refractivity (Wildman–Crippen MR) is 91.2 cm³/mol. The zero-order valence-corrected chi connectivity index (χ0v) is 15.4. The van der Waals surface area contributed by atoms with Crippen LogP contribution in [0.15, 0.2) is 0 Å². The maximum Gasteiger partial charge on any atom is 0.410 e. The Morgan fingerprint density at radius 2 is 1.96 bits per heavy atom. The van der Waals surface area contributed by atoms with E-state index in [4.69, 9.17) is 4.74 Å². The first-order valence-electron chi connectivity index (χ1n) is 8.78. The zero-order chi connectivity index (χ0) is 18.8. The van der Waals surface area contributed by atoms with Gasteiger partial charge >= 0.3 is 18.1 Å². The van der Waals surface area contributed by atoms with Gasteiger partial charge in [-0.05, 0) is 30.6 Å². The van der Waals surface area contributed by atoms with Gasteiger partial charge in [-0.25, -0.2) is 14.4 Å². The van der Waals surface area contributed by atoms with Gasteiger partial charge in [0, 0.05) is 20.1 Å². The molecule has 2 aliphatic rings. The van der Waals surface area contributed by atoms with Crippen molar-refractivity contribution in [2.24, 2.45) is 11.3 Å². The number of hydrogen-bond acceptors (Lipinski definition) is 4. The normalized spacial score (nSPS) is 26.2. The van der Waals surface area contributed by atoms with Gasteiger partial charge in [-0.1, -0.05) is 20.8 Å². The lowest BCUT2D eigenvalue weighted by molar-refractivity contribution is -0.142. The van der Waals surface area contributed by atoms with Crippen molar-refractivity contribution in [2.45, 2.75) is 52.1 Å². The first-order valence-corrected chi connectivity index (χ1v) is 8.78. The third kappa shape index (κ3) is 4.55. The number of likely N-dealkylation sites (tertiary alicyclic amines) is 2. The fraction of sp³-hybridized carbons (Fsp3) is 0.824. The molecule has 0 aromatic carbocycles. The molecule has 0 aromatic rings. The number of nitrogens with zero attached hydrogens (tertiary/aromatic N) is 2. The number of ether oxygens (including phenoxy) is 1. The summed E-state index contributed by atoms with van der Waals surface area (Å²) in [5.41, 5.74) is 0.0286. The number of urea groups is 1. The van der Waals surface area contributed by atoms with Crippen molar-refractivity contribution in [3.05, 3.63) is 0 Å². The number of carboxylic acid groups (broad SMARTS) is 1. The van der Waals surface area contributed by atoms with E-state index in [-0.39, 0.29) is 30.0 Å². The van der Waals surface area contributed by atoms with Gasteiger partial charge in [0.25, 0.3) is 0 Å². The van der Waals surface area contributed by atoms with Crippen molar-refractivity contribution in [2.75, 3.05) is 26.7 Å². The summed E-state index contributed by atoms with van der Waals surface area (Å²) < 4.78 is 5.36. The Kier molecular flexibility index (Phi) is 5.80. The SMILES string of the molecule is CNC(=O)N1CC[C@H]2C[C@H](C(=O)O)N(C(=O)OCCC(C)(C)C)[C@H]2C1. The molecule has 2 aliphatic heterocycles. The second-order valence-corrected chi connectivity index (χ2v) is 8.04. The number of piperidine rings is 1. The van der Waals surface area contributed by atoms with Crippen LogP contribution in [0, 0.1) is 11.3 Å². The number of amides is 3. The summed E-state index contributed by atoms with van der Waals surface area (Å²) in [5.74, 6) is -0.939. The van der Waals surface area contributed by atoms with Crippen LogP contribution in [0.3, 0.4) is 0 Å². The monoisotopic (exact) mass is 355 g/mol. The number of nitrogens with one attached hydrogen (secondary N) is 1. The molecule has 0 bridgehead atoms. The Labute approximate surface area is 148 Å². The molecule has 142 valence electrons. The molecule has 8 nitrogen and oxygen atoms in total. The zero-order valence-electron chi connectivity index (χ0n) is 15.4. The van der Waals surface area contributed by atoms with Gasteiger partial charge in [-0.15, -0.1) is 0 Å². The quantitative estimate of drug-likeness (QED) is 0.803. The minimum atomic E-state index is -1.02. The van der Waals surface area contributed by atoms with E-state index >= 15 is 0 Å². The van der Waals surface area contributed by atoms with Crippen LogP contribution in [0.25, 0.3) is 0 Å². The number of fused-ring (bicyclic) bond motifs is 1. The fourth-order valence-corrected chi connectivity index (χ4v) is 3.55. The third-order valence-corrected chi connectivity index (χ3v) is 5.02. The predicted octanol–water partition coefficient (Wildman–Crippen LogP) is 1.75. The molecule has 3 atom stereocenters. The second-order valence-electron chi connectivity index (χ2n) is 8.04. The Morgan fingerprint density at radius 1 is 1.28 bits per heavy atom. The van der Waals surface area contributed by atoms with E-state index in [9.17, 15) is 19.5 Å². The van der Waals surface area contributed by atoms with Crippen LogP contribution in [-0.4, -0.2) is 71.8 Å². The van der Waals surface area contributed by atoms with Gasteiger partial charge < -0.3 is 20.1 Å². The van der Waals surface area contributed by atoms with Crippen LogP contribution >= 0.6 is 0 Å². The summed E-state index contributed by atoms with van der Waals surface area (Å²) in [5, 5.41) is 12.1. The van der Waals surface area contributed by atoms with E-state index < -0.39 is 18.1 Å². The minimum Gasteiger partial charge on any atom is -0.480 e.